The fraction of sp³-hybridized carbons (Fsp3) is 0.800. The molecule has 12 heteroatoms. The van der Waals surface area contributed by atoms with Crippen LogP contribution >= 0.6 is 0 Å². The zero-order valence-electron chi connectivity index (χ0n) is 27.5. The monoisotopic (exact) mass is 660 g/mol. The molecule has 262 valence electrons. The summed E-state index contributed by atoms with van der Waals surface area (Å²) in [6.45, 7) is 2.34. The van der Waals surface area contributed by atoms with E-state index in [4.69, 9.17) is 14.7 Å². The van der Waals surface area contributed by atoms with Crippen molar-refractivity contribution in [3.05, 3.63) is 0 Å². The van der Waals surface area contributed by atoms with E-state index in [1.807, 2.05) is 0 Å². The largest absolute Gasteiger partial charge is 0.481 e. The molecule has 4 fully saturated rings. The molecule has 5 N–H and O–H groups in total. The fourth-order valence-electron chi connectivity index (χ4n) is 8.51. The van der Waals surface area contributed by atoms with Gasteiger partial charge in [-0.25, -0.2) is 0 Å². The van der Waals surface area contributed by atoms with Crippen LogP contribution in [0.25, 0.3) is 0 Å². The first-order valence-electron chi connectivity index (χ1n) is 17.6. The minimum Gasteiger partial charge on any atom is -0.481 e. The van der Waals surface area contributed by atoms with Gasteiger partial charge in [0.1, 0.15) is 6.11 Å². The lowest BCUT2D eigenvalue weighted by Gasteiger charge is -2.36. The summed E-state index contributed by atoms with van der Waals surface area (Å²) in [5.74, 6) is -2.74. The SMILES string of the molecule is CCOC(=O)C1CCC(C(=O)O)C(CONC2CCC(CC3CCC(NC(=O)C4CC(C(=O)C#CO)CCC4C(=O)O)CC3)CC2)C1. The van der Waals surface area contributed by atoms with Crippen molar-refractivity contribution >= 4 is 29.6 Å². The molecule has 0 aromatic rings. The van der Waals surface area contributed by atoms with Gasteiger partial charge in [0.25, 0.3) is 0 Å². The van der Waals surface area contributed by atoms with Gasteiger partial charge < -0.3 is 30.2 Å². The van der Waals surface area contributed by atoms with Gasteiger partial charge in [-0.05, 0) is 121 Å². The number of hydrogen-bond acceptors (Lipinski definition) is 9. The standard InChI is InChI=1S/C35H52N2O10/c1-2-46-35(45)24-8-13-28(33(41)42)25(18-24)20-47-37-27-11-5-22(6-12-27)17-21-3-9-26(10-4-21)36-32(40)30-19-23(31(39)15-16-38)7-14-29(30)34(43)44/h21-30,37-38H,2-14,17-20H2,1H3,(H,36,40)(H,41,42)(H,43,44). The third kappa shape index (κ3) is 10.4. The first-order chi connectivity index (χ1) is 22.6. The Morgan fingerprint density at radius 2 is 1.32 bits per heavy atom. The Bertz CT molecular complexity index is 1160. The van der Waals surface area contributed by atoms with E-state index in [-0.39, 0.29) is 55.2 Å². The number of aliphatic hydroxyl groups excluding tert-OH is 1. The molecule has 6 unspecified atom stereocenters. The van der Waals surface area contributed by atoms with Crippen molar-refractivity contribution in [2.45, 2.75) is 115 Å². The highest BCUT2D eigenvalue weighted by atomic mass is 16.6. The normalized spacial score (nSPS) is 34.2. The van der Waals surface area contributed by atoms with Gasteiger partial charge in [0.2, 0.25) is 11.7 Å². The summed E-state index contributed by atoms with van der Waals surface area (Å²) in [5.41, 5.74) is 3.18. The third-order valence-electron chi connectivity index (χ3n) is 11.2. The highest BCUT2D eigenvalue weighted by Crippen LogP contribution is 2.38. The lowest BCUT2D eigenvalue weighted by molar-refractivity contribution is -0.156. The molecule has 0 aliphatic heterocycles. The number of carbonyl (C=O) groups is 5. The second-order valence-corrected chi connectivity index (χ2v) is 14.2. The molecule has 6 atom stereocenters. The van der Waals surface area contributed by atoms with Crippen molar-refractivity contribution in [3.63, 3.8) is 0 Å². The second-order valence-electron chi connectivity index (χ2n) is 14.2. The molecular weight excluding hydrogens is 608 g/mol. The number of amides is 1. The van der Waals surface area contributed by atoms with Gasteiger partial charge in [0, 0.05) is 23.9 Å². The topological polar surface area (TPSA) is 189 Å². The van der Waals surface area contributed by atoms with E-state index in [0.29, 0.717) is 44.1 Å². The van der Waals surface area contributed by atoms with E-state index in [2.05, 4.69) is 16.7 Å². The number of aliphatic carboxylic acids is 2. The summed E-state index contributed by atoms with van der Waals surface area (Å²) in [6.07, 6.45) is 12.7. The van der Waals surface area contributed by atoms with Gasteiger partial charge in [-0.2, -0.15) is 5.48 Å². The van der Waals surface area contributed by atoms with Crippen LogP contribution in [0.4, 0.5) is 0 Å². The zero-order chi connectivity index (χ0) is 33.9. The van der Waals surface area contributed by atoms with Crippen LogP contribution in [0.1, 0.15) is 103 Å². The van der Waals surface area contributed by atoms with E-state index < -0.39 is 41.4 Å². The number of carbonyl (C=O) groups excluding carboxylic acids is 3. The Balaban J connectivity index is 1.14. The minimum absolute atomic E-state index is 0.00366. The molecule has 4 saturated carbocycles. The van der Waals surface area contributed by atoms with E-state index in [1.54, 1.807) is 13.0 Å². The summed E-state index contributed by atoms with van der Waals surface area (Å²) >= 11 is 0. The first-order valence-corrected chi connectivity index (χ1v) is 17.6. The molecule has 0 radical (unpaired) electrons. The molecular formula is C35H52N2O10. The summed E-state index contributed by atoms with van der Waals surface area (Å²) in [7, 11) is 0. The van der Waals surface area contributed by atoms with Crippen molar-refractivity contribution in [1.82, 2.24) is 10.8 Å². The third-order valence-corrected chi connectivity index (χ3v) is 11.2. The quantitative estimate of drug-likeness (QED) is 0.110. The highest BCUT2D eigenvalue weighted by molar-refractivity contribution is 5.98. The van der Waals surface area contributed by atoms with Gasteiger partial charge in [-0.15, -0.1) is 0 Å². The summed E-state index contributed by atoms with van der Waals surface area (Å²) < 4.78 is 5.16. The molecule has 0 spiro atoms. The van der Waals surface area contributed by atoms with Gasteiger partial charge >= 0.3 is 17.9 Å². The number of carboxylic acids is 2. The van der Waals surface area contributed by atoms with Crippen molar-refractivity contribution in [2.24, 2.45) is 47.3 Å². The summed E-state index contributed by atoms with van der Waals surface area (Å²) in [5, 5.41) is 31.2. The highest BCUT2D eigenvalue weighted by Gasteiger charge is 2.42. The molecule has 0 aromatic heterocycles. The zero-order valence-corrected chi connectivity index (χ0v) is 27.5. The maximum absolute atomic E-state index is 13.2. The number of aliphatic hydroxyl groups is 1. The summed E-state index contributed by atoms with van der Waals surface area (Å²) in [6, 6.07) is 0.209. The lowest BCUT2D eigenvalue weighted by atomic mass is 9.72. The molecule has 0 aromatic carbocycles. The number of rotatable bonds is 13. The Morgan fingerprint density at radius 1 is 0.723 bits per heavy atom. The van der Waals surface area contributed by atoms with Crippen molar-refractivity contribution < 1.29 is 48.9 Å². The number of nitrogens with one attached hydrogen (secondary N) is 2. The van der Waals surface area contributed by atoms with Crippen molar-refractivity contribution in [2.75, 3.05) is 13.2 Å². The van der Waals surface area contributed by atoms with Crippen LogP contribution in [-0.2, 0) is 33.5 Å². The number of carboxylic acid groups (broad SMARTS) is 2. The van der Waals surface area contributed by atoms with Gasteiger partial charge in [0.15, 0.2) is 0 Å². The maximum Gasteiger partial charge on any atom is 0.308 e. The average Bonchev–Trinajstić information content (AvgIpc) is 3.06. The van der Waals surface area contributed by atoms with Crippen LogP contribution in [0, 0.1) is 59.4 Å². The Hall–Kier alpha value is -3.17. The predicted octanol–water partition coefficient (Wildman–Crippen LogP) is 3.83. The van der Waals surface area contributed by atoms with E-state index >= 15 is 0 Å². The van der Waals surface area contributed by atoms with Gasteiger partial charge in [-0.1, -0.05) is 0 Å². The van der Waals surface area contributed by atoms with E-state index in [9.17, 15) is 34.2 Å². The van der Waals surface area contributed by atoms with Crippen molar-refractivity contribution in [3.8, 4) is 12.0 Å². The minimum atomic E-state index is -1.02. The van der Waals surface area contributed by atoms with Crippen LogP contribution < -0.4 is 10.8 Å². The molecule has 12 nitrogen and oxygen atoms in total. The average molecular weight is 661 g/mol. The van der Waals surface area contributed by atoms with Crippen LogP contribution in [0.15, 0.2) is 0 Å². The van der Waals surface area contributed by atoms with Gasteiger partial charge in [0.05, 0.1) is 36.9 Å². The van der Waals surface area contributed by atoms with Crippen LogP contribution in [0.3, 0.4) is 0 Å². The second kappa shape index (κ2) is 17.8. The summed E-state index contributed by atoms with van der Waals surface area (Å²) in [4.78, 5) is 67.1. The first kappa shape index (κ1) is 36.7. The molecule has 0 bridgehead atoms. The molecule has 0 saturated heterocycles. The number of hydrogen-bond donors (Lipinski definition) is 5. The molecule has 1 amide bonds. The van der Waals surface area contributed by atoms with Crippen LogP contribution in [0.5, 0.6) is 0 Å². The van der Waals surface area contributed by atoms with Crippen molar-refractivity contribution in [1.29, 1.82) is 0 Å². The number of ketones is 1. The molecule has 4 rings (SSSR count). The number of esters is 1. The molecule has 4 aliphatic carbocycles. The van der Waals surface area contributed by atoms with Crippen LogP contribution in [-0.4, -0.2) is 70.2 Å². The van der Waals surface area contributed by atoms with E-state index in [0.717, 1.165) is 57.8 Å². The number of ether oxygens (including phenoxy) is 1. The molecule has 0 heterocycles. The lowest BCUT2D eigenvalue weighted by Crippen LogP contribution is -2.47. The molecule has 47 heavy (non-hydrogen) atoms. The predicted molar refractivity (Wildman–Crippen MR) is 169 cm³/mol. The van der Waals surface area contributed by atoms with Crippen LogP contribution in [0.2, 0.25) is 0 Å². The Morgan fingerprint density at radius 3 is 1.91 bits per heavy atom. The Kier molecular flexibility index (Phi) is 13.9. The maximum atomic E-state index is 13.2. The van der Waals surface area contributed by atoms with Gasteiger partial charge in [-0.3, -0.25) is 24.0 Å². The fourth-order valence-corrected chi connectivity index (χ4v) is 8.51. The Labute approximate surface area is 277 Å². The smallest absolute Gasteiger partial charge is 0.308 e. The number of hydroxylamine groups is 1. The molecule has 4 aliphatic rings. The number of Topliss-reactive ketones (excluding diaryl/α,β-unsaturated/α-hetero) is 1. The van der Waals surface area contributed by atoms with E-state index in [1.165, 1.54) is 0 Å².